The second-order valence-corrected chi connectivity index (χ2v) is 9.16. The third kappa shape index (κ3) is 9.24. The predicted octanol–water partition coefficient (Wildman–Crippen LogP) is 7.26. The highest BCUT2D eigenvalue weighted by atomic mass is 32.1. The molecule has 0 amide bonds. The number of carboxylic acid groups (broad SMARTS) is 1. The lowest BCUT2D eigenvalue weighted by molar-refractivity contribution is 0.0665. The van der Waals surface area contributed by atoms with Crippen molar-refractivity contribution in [1.82, 2.24) is 8.75 Å². The van der Waals surface area contributed by atoms with Gasteiger partial charge >= 0.3 is 11.9 Å². The molecule has 0 radical (unpaired) electrons. The molecule has 0 bridgehead atoms. The third-order valence-electron chi connectivity index (χ3n) is 5.96. The van der Waals surface area contributed by atoms with Crippen LogP contribution >= 0.6 is 11.7 Å². The number of ether oxygens (including phenoxy) is 1. The molecular formula is C26H38N2O4S. The van der Waals surface area contributed by atoms with E-state index in [1.165, 1.54) is 51.1 Å². The standard InChI is InChI=1S/C26H38N2O4S/c1-3-5-7-9-11-13-15-20-17-18-22(25(29)30)24(26(31)32-23-19-27-33-28-23)21(20)16-14-12-10-8-6-4-2/h17-19H,3-16H2,1-2H3,(H,29,30). The van der Waals surface area contributed by atoms with Gasteiger partial charge in [-0.1, -0.05) is 84.1 Å². The molecule has 0 saturated heterocycles. The minimum absolute atomic E-state index is 0.00383. The first-order valence-electron chi connectivity index (χ1n) is 12.5. The lowest BCUT2D eigenvalue weighted by Crippen LogP contribution is -2.19. The second-order valence-electron chi connectivity index (χ2n) is 8.60. The summed E-state index contributed by atoms with van der Waals surface area (Å²) in [6.07, 6.45) is 16.8. The zero-order valence-electron chi connectivity index (χ0n) is 20.1. The molecule has 0 aliphatic heterocycles. The maximum absolute atomic E-state index is 13.1. The molecule has 6 nitrogen and oxygen atoms in total. The summed E-state index contributed by atoms with van der Waals surface area (Å²) in [5.41, 5.74) is 2.06. The topological polar surface area (TPSA) is 89.4 Å². The van der Waals surface area contributed by atoms with Gasteiger partial charge in [-0.2, -0.15) is 4.37 Å². The Bertz CT molecular complexity index is 852. The van der Waals surface area contributed by atoms with Gasteiger partial charge in [-0.05, 0) is 42.9 Å². The van der Waals surface area contributed by atoms with E-state index in [2.05, 4.69) is 22.6 Å². The van der Waals surface area contributed by atoms with E-state index < -0.39 is 11.9 Å². The van der Waals surface area contributed by atoms with Crippen molar-refractivity contribution in [1.29, 1.82) is 0 Å². The van der Waals surface area contributed by atoms with Gasteiger partial charge in [0.25, 0.3) is 5.88 Å². The van der Waals surface area contributed by atoms with Crippen molar-refractivity contribution in [2.75, 3.05) is 0 Å². The number of carbonyl (C=O) groups excluding carboxylic acids is 1. The van der Waals surface area contributed by atoms with E-state index >= 15 is 0 Å². The van der Waals surface area contributed by atoms with Crippen LogP contribution in [0.1, 0.15) is 123 Å². The molecule has 1 aromatic carbocycles. The Morgan fingerprint density at radius 1 is 0.879 bits per heavy atom. The van der Waals surface area contributed by atoms with E-state index in [4.69, 9.17) is 4.74 Å². The minimum atomic E-state index is -1.12. The number of hydrogen-bond donors (Lipinski definition) is 1. The van der Waals surface area contributed by atoms with Gasteiger partial charge in [-0.15, -0.1) is 4.37 Å². The van der Waals surface area contributed by atoms with Crippen LogP contribution in [0.2, 0.25) is 0 Å². The maximum Gasteiger partial charge on any atom is 0.346 e. The average Bonchev–Trinajstić information content (AvgIpc) is 3.31. The van der Waals surface area contributed by atoms with Gasteiger partial charge < -0.3 is 9.84 Å². The average molecular weight is 475 g/mol. The smallest absolute Gasteiger partial charge is 0.346 e. The van der Waals surface area contributed by atoms with Gasteiger partial charge in [0, 0.05) is 0 Å². The molecule has 1 N–H and O–H groups in total. The molecule has 0 aliphatic carbocycles. The number of aromatic nitrogens is 2. The summed E-state index contributed by atoms with van der Waals surface area (Å²) >= 11 is 0.943. The third-order valence-corrected chi connectivity index (χ3v) is 6.42. The van der Waals surface area contributed by atoms with Crippen LogP contribution in [0.25, 0.3) is 0 Å². The Morgan fingerprint density at radius 3 is 2.06 bits per heavy atom. The van der Waals surface area contributed by atoms with Crippen molar-refractivity contribution in [3.63, 3.8) is 0 Å². The van der Waals surface area contributed by atoms with E-state index in [1.807, 2.05) is 6.07 Å². The van der Waals surface area contributed by atoms with Gasteiger partial charge in [-0.25, -0.2) is 9.59 Å². The molecule has 0 unspecified atom stereocenters. The number of aryl methyl sites for hydroxylation is 1. The number of carbonyl (C=O) groups is 2. The fourth-order valence-corrected chi connectivity index (χ4v) is 4.50. The molecule has 0 aliphatic rings. The summed E-state index contributed by atoms with van der Waals surface area (Å²) in [6.45, 7) is 4.41. The van der Waals surface area contributed by atoms with Crippen LogP contribution in [0, 0.1) is 0 Å². The van der Waals surface area contributed by atoms with Gasteiger partial charge in [0.1, 0.15) is 6.20 Å². The number of rotatable bonds is 17. The second kappa shape index (κ2) is 15.5. The van der Waals surface area contributed by atoms with E-state index in [0.29, 0.717) is 6.42 Å². The van der Waals surface area contributed by atoms with Crippen LogP contribution in [0.3, 0.4) is 0 Å². The summed E-state index contributed by atoms with van der Waals surface area (Å²) in [7, 11) is 0. The number of hydrogen-bond acceptors (Lipinski definition) is 6. The zero-order chi connectivity index (χ0) is 23.9. The normalized spacial score (nSPS) is 11.0. The number of unbranched alkanes of at least 4 members (excludes halogenated alkanes) is 10. The molecule has 0 atom stereocenters. The monoisotopic (exact) mass is 474 g/mol. The van der Waals surface area contributed by atoms with Crippen molar-refractivity contribution in [2.24, 2.45) is 0 Å². The van der Waals surface area contributed by atoms with E-state index in [1.54, 1.807) is 6.07 Å². The number of nitrogens with zero attached hydrogens (tertiary/aromatic N) is 2. The molecular weight excluding hydrogens is 436 g/mol. The summed E-state index contributed by atoms with van der Waals surface area (Å²) in [5, 5.41) is 9.79. The molecule has 182 valence electrons. The van der Waals surface area contributed by atoms with Crippen LogP contribution in [-0.2, 0) is 12.8 Å². The Balaban J connectivity index is 2.22. The van der Waals surface area contributed by atoms with Gasteiger partial charge in [-0.3, -0.25) is 0 Å². The zero-order valence-corrected chi connectivity index (χ0v) is 20.9. The van der Waals surface area contributed by atoms with Crippen molar-refractivity contribution in [2.45, 2.75) is 104 Å². The van der Waals surface area contributed by atoms with Crippen LogP contribution in [-0.4, -0.2) is 25.8 Å². The summed E-state index contributed by atoms with van der Waals surface area (Å²) in [6, 6.07) is 3.44. The summed E-state index contributed by atoms with van der Waals surface area (Å²) in [4.78, 5) is 25.1. The fraction of sp³-hybridized carbons (Fsp3) is 0.615. The molecule has 7 heteroatoms. The SMILES string of the molecule is CCCCCCCCc1ccc(C(=O)O)c(C(=O)Oc2cnsn2)c1CCCCCCCC. The quantitative estimate of drug-likeness (QED) is 0.192. The van der Waals surface area contributed by atoms with Crippen LogP contribution in [0.15, 0.2) is 18.3 Å². The summed E-state index contributed by atoms with van der Waals surface area (Å²) in [5.74, 6) is -1.67. The Hall–Kier alpha value is -2.28. The van der Waals surface area contributed by atoms with E-state index in [-0.39, 0.29) is 17.0 Å². The highest BCUT2D eigenvalue weighted by Crippen LogP contribution is 2.26. The van der Waals surface area contributed by atoms with Gasteiger partial charge in [0.05, 0.1) is 22.9 Å². The highest BCUT2D eigenvalue weighted by Gasteiger charge is 2.25. The van der Waals surface area contributed by atoms with Crippen molar-refractivity contribution < 1.29 is 19.4 Å². The van der Waals surface area contributed by atoms with Crippen molar-refractivity contribution in [3.8, 4) is 5.88 Å². The Morgan fingerprint density at radius 2 is 1.48 bits per heavy atom. The highest BCUT2D eigenvalue weighted by molar-refractivity contribution is 6.99. The predicted molar refractivity (Wildman–Crippen MR) is 132 cm³/mol. The molecule has 33 heavy (non-hydrogen) atoms. The maximum atomic E-state index is 13.1. The Kier molecular flexibility index (Phi) is 12.7. The first-order chi connectivity index (χ1) is 16.1. The van der Waals surface area contributed by atoms with Crippen molar-refractivity contribution >= 4 is 23.7 Å². The van der Waals surface area contributed by atoms with E-state index in [0.717, 1.165) is 61.4 Å². The molecule has 2 aromatic rings. The minimum Gasteiger partial charge on any atom is -0.478 e. The van der Waals surface area contributed by atoms with Crippen LogP contribution in [0.5, 0.6) is 5.88 Å². The first-order valence-corrected chi connectivity index (χ1v) is 13.2. The molecule has 0 saturated carbocycles. The number of esters is 1. The lowest BCUT2D eigenvalue weighted by Gasteiger charge is -2.16. The number of carboxylic acids is 1. The fourth-order valence-electron chi connectivity index (χ4n) is 4.15. The molecule has 0 fully saturated rings. The van der Waals surface area contributed by atoms with Crippen molar-refractivity contribution in [3.05, 3.63) is 40.6 Å². The Labute approximate surface area is 202 Å². The first kappa shape index (κ1) is 27.0. The number of aromatic carboxylic acids is 1. The number of benzene rings is 1. The summed E-state index contributed by atoms with van der Waals surface area (Å²) < 4.78 is 13.2. The molecule has 1 aromatic heterocycles. The van der Waals surface area contributed by atoms with Crippen LogP contribution < -0.4 is 4.74 Å². The molecule has 0 spiro atoms. The largest absolute Gasteiger partial charge is 0.478 e. The molecule has 1 heterocycles. The molecule has 2 rings (SSSR count). The lowest BCUT2D eigenvalue weighted by atomic mass is 9.89. The van der Waals surface area contributed by atoms with E-state index in [9.17, 15) is 14.7 Å². The van der Waals surface area contributed by atoms with Gasteiger partial charge in [0.15, 0.2) is 0 Å². The van der Waals surface area contributed by atoms with Gasteiger partial charge in [0.2, 0.25) is 0 Å². The van der Waals surface area contributed by atoms with Crippen LogP contribution in [0.4, 0.5) is 0 Å².